The van der Waals surface area contributed by atoms with Gasteiger partial charge >= 0.3 is 0 Å². The van der Waals surface area contributed by atoms with Gasteiger partial charge in [-0.15, -0.1) is 11.6 Å². The van der Waals surface area contributed by atoms with Gasteiger partial charge in [-0.3, -0.25) is 0 Å². The second-order valence-corrected chi connectivity index (χ2v) is 5.34. The Hall–Kier alpha value is -0.590. The fourth-order valence-corrected chi connectivity index (χ4v) is 2.03. The highest BCUT2D eigenvalue weighted by atomic mass is 35.5. The Morgan fingerprint density at radius 1 is 1.64 bits per heavy atom. The Labute approximate surface area is 88.1 Å². The normalized spacial score (nSPS) is 14.1. The molecular formula is C7H12ClN3O2S. The lowest BCUT2D eigenvalue weighted by Gasteiger charge is -2.12. The molecule has 0 radical (unpaired) electrons. The Morgan fingerprint density at radius 3 is 2.86 bits per heavy atom. The van der Waals surface area contributed by atoms with Gasteiger partial charge in [0, 0.05) is 25.0 Å². The van der Waals surface area contributed by atoms with Gasteiger partial charge in [0.15, 0.2) is 0 Å². The molecule has 0 fully saturated rings. The highest BCUT2D eigenvalue weighted by Crippen LogP contribution is 1.96. The van der Waals surface area contributed by atoms with Crippen molar-refractivity contribution >= 4 is 21.6 Å². The molecule has 7 heteroatoms. The van der Waals surface area contributed by atoms with Gasteiger partial charge in [-0.25, -0.2) is 18.1 Å². The molecule has 0 aliphatic rings. The van der Waals surface area contributed by atoms with Gasteiger partial charge in [-0.05, 0) is 6.92 Å². The summed E-state index contributed by atoms with van der Waals surface area (Å²) in [7, 11) is -3.34. The van der Waals surface area contributed by atoms with Crippen LogP contribution in [0.2, 0.25) is 0 Å². The van der Waals surface area contributed by atoms with Gasteiger partial charge in [0.2, 0.25) is 10.0 Å². The van der Waals surface area contributed by atoms with Crippen molar-refractivity contribution in [2.75, 3.05) is 5.21 Å². The number of alkyl halides is 1. The average Bonchev–Trinajstić information content (AvgIpc) is 2.55. The SMILES string of the molecule is CC(Cn1ccnc1)NS(=O)(=O)CCl. The molecule has 80 valence electrons. The minimum atomic E-state index is -3.34. The number of aromatic nitrogens is 2. The monoisotopic (exact) mass is 237 g/mol. The third-order valence-electron chi connectivity index (χ3n) is 1.57. The first-order valence-electron chi connectivity index (χ1n) is 4.05. The van der Waals surface area contributed by atoms with Crippen LogP contribution >= 0.6 is 11.6 Å². The smallest absolute Gasteiger partial charge is 0.225 e. The molecule has 1 unspecified atom stereocenters. The first-order chi connectivity index (χ1) is 6.53. The fraction of sp³-hybridized carbons (Fsp3) is 0.571. The van der Waals surface area contributed by atoms with Crippen molar-refractivity contribution in [2.24, 2.45) is 0 Å². The molecule has 5 nitrogen and oxygen atoms in total. The van der Waals surface area contributed by atoms with Crippen molar-refractivity contribution in [2.45, 2.75) is 19.5 Å². The summed E-state index contributed by atoms with van der Waals surface area (Å²) in [5, 5.41) is -0.415. The van der Waals surface area contributed by atoms with Crippen LogP contribution in [0.5, 0.6) is 0 Å². The largest absolute Gasteiger partial charge is 0.336 e. The Bertz CT molecular complexity index is 362. The number of nitrogens with one attached hydrogen (secondary N) is 1. The van der Waals surface area contributed by atoms with Gasteiger partial charge in [-0.1, -0.05) is 0 Å². The summed E-state index contributed by atoms with van der Waals surface area (Å²) < 4.78 is 26.4. The molecule has 1 aromatic rings. The van der Waals surface area contributed by atoms with Crippen LogP contribution in [0.1, 0.15) is 6.92 Å². The van der Waals surface area contributed by atoms with Crippen molar-refractivity contribution in [3.8, 4) is 0 Å². The molecule has 1 atom stereocenters. The molecule has 0 saturated heterocycles. The summed E-state index contributed by atoms with van der Waals surface area (Å²) in [4.78, 5) is 3.85. The molecule has 0 aliphatic carbocycles. The van der Waals surface area contributed by atoms with E-state index in [4.69, 9.17) is 11.6 Å². The summed E-state index contributed by atoms with van der Waals surface area (Å²) in [5.74, 6) is 0. The molecule has 14 heavy (non-hydrogen) atoms. The minimum Gasteiger partial charge on any atom is -0.336 e. The van der Waals surface area contributed by atoms with Crippen LogP contribution in [0, 0.1) is 0 Å². The van der Waals surface area contributed by atoms with E-state index in [0.29, 0.717) is 6.54 Å². The summed E-state index contributed by atoms with van der Waals surface area (Å²) in [5.41, 5.74) is 0. The van der Waals surface area contributed by atoms with E-state index in [1.165, 1.54) is 0 Å². The van der Waals surface area contributed by atoms with Crippen LogP contribution in [0.15, 0.2) is 18.7 Å². The molecule has 0 amide bonds. The fourth-order valence-electron chi connectivity index (χ4n) is 1.09. The van der Waals surface area contributed by atoms with Crippen LogP contribution in [-0.2, 0) is 16.6 Å². The zero-order valence-electron chi connectivity index (χ0n) is 7.72. The number of hydrogen-bond donors (Lipinski definition) is 1. The zero-order chi connectivity index (χ0) is 10.6. The number of hydrogen-bond acceptors (Lipinski definition) is 3. The lowest BCUT2D eigenvalue weighted by molar-refractivity contribution is 0.523. The van der Waals surface area contributed by atoms with E-state index in [9.17, 15) is 8.42 Å². The van der Waals surface area contributed by atoms with Crippen LogP contribution in [0.25, 0.3) is 0 Å². The molecule has 0 aromatic carbocycles. The second-order valence-electron chi connectivity index (χ2n) is 3.00. The molecule has 1 rings (SSSR count). The van der Waals surface area contributed by atoms with Crippen molar-refractivity contribution in [3.05, 3.63) is 18.7 Å². The van der Waals surface area contributed by atoms with E-state index in [1.807, 2.05) is 0 Å². The standard InChI is InChI=1S/C7H12ClN3O2S/c1-7(10-14(12,13)5-8)4-11-3-2-9-6-11/h2-3,6-7,10H,4-5H2,1H3. The first-order valence-corrected chi connectivity index (χ1v) is 6.24. The maximum Gasteiger partial charge on any atom is 0.225 e. The van der Waals surface area contributed by atoms with Gasteiger partial charge in [0.1, 0.15) is 5.21 Å². The maximum absolute atomic E-state index is 11.1. The number of rotatable bonds is 5. The Balaban J connectivity index is 2.48. The van der Waals surface area contributed by atoms with Gasteiger partial charge < -0.3 is 4.57 Å². The molecule has 0 saturated carbocycles. The molecule has 0 bridgehead atoms. The molecule has 1 N–H and O–H groups in total. The van der Waals surface area contributed by atoms with E-state index in [1.54, 1.807) is 30.2 Å². The van der Waals surface area contributed by atoms with E-state index < -0.39 is 15.2 Å². The van der Waals surface area contributed by atoms with E-state index in [0.717, 1.165) is 0 Å². The summed E-state index contributed by atoms with van der Waals surface area (Å²) in [6, 6.07) is -0.201. The van der Waals surface area contributed by atoms with Crippen LogP contribution in [0.3, 0.4) is 0 Å². The van der Waals surface area contributed by atoms with Crippen molar-refractivity contribution in [1.82, 2.24) is 14.3 Å². The zero-order valence-corrected chi connectivity index (χ0v) is 9.29. The van der Waals surface area contributed by atoms with Crippen LogP contribution in [-0.4, -0.2) is 29.2 Å². The van der Waals surface area contributed by atoms with E-state index >= 15 is 0 Å². The van der Waals surface area contributed by atoms with Crippen LogP contribution in [0.4, 0.5) is 0 Å². The maximum atomic E-state index is 11.1. The predicted octanol–water partition coefficient (Wildman–Crippen LogP) is 0.387. The number of halogens is 1. The molecular weight excluding hydrogens is 226 g/mol. The lowest BCUT2D eigenvalue weighted by atomic mass is 10.4. The highest BCUT2D eigenvalue weighted by Gasteiger charge is 2.12. The third-order valence-corrected chi connectivity index (χ3v) is 3.48. The summed E-state index contributed by atoms with van der Waals surface area (Å²) >= 11 is 5.25. The minimum absolute atomic E-state index is 0.201. The number of sulfonamides is 1. The lowest BCUT2D eigenvalue weighted by Crippen LogP contribution is -2.35. The number of imidazole rings is 1. The molecule has 0 aliphatic heterocycles. The van der Waals surface area contributed by atoms with Crippen molar-refractivity contribution < 1.29 is 8.42 Å². The van der Waals surface area contributed by atoms with Gasteiger partial charge in [-0.2, -0.15) is 0 Å². The Morgan fingerprint density at radius 2 is 2.36 bits per heavy atom. The second kappa shape index (κ2) is 4.77. The quantitative estimate of drug-likeness (QED) is 0.754. The molecule has 1 heterocycles. The van der Waals surface area contributed by atoms with E-state index in [2.05, 4.69) is 9.71 Å². The topological polar surface area (TPSA) is 64.0 Å². The molecule has 0 spiro atoms. The van der Waals surface area contributed by atoms with Gasteiger partial charge in [0.05, 0.1) is 6.33 Å². The summed E-state index contributed by atoms with van der Waals surface area (Å²) in [6.07, 6.45) is 5.04. The molecule has 1 aromatic heterocycles. The summed E-state index contributed by atoms with van der Waals surface area (Å²) in [6.45, 7) is 2.31. The predicted molar refractivity (Wildman–Crippen MR) is 54.5 cm³/mol. The van der Waals surface area contributed by atoms with E-state index in [-0.39, 0.29) is 6.04 Å². The van der Waals surface area contributed by atoms with Crippen LogP contribution < -0.4 is 4.72 Å². The van der Waals surface area contributed by atoms with Crippen molar-refractivity contribution in [1.29, 1.82) is 0 Å². The Kier molecular flexibility index (Phi) is 3.91. The third kappa shape index (κ3) is 3.65. The first kappa shape index (κ1) is 11.5. The van der Waals surface area contributed by atoms with Gasteiger partial charge in [0.25, 0.3) is 0 Å². The highest BCUT2D eigenvalue weighted by molar-refractivity contribution is 7.90. The van der Waals surface area contributed by atoms with Crippen molar-refractivity contribution in [3.63, 3.8) is 0 Å². The number of nitrogens with zero attached hydrogens (tertiary/aromatic N) is 2. The average molecular weight is 238 g/mol.